The van der Waals surface area contributed by atoms with Crippen LogP contribution in [0.3, 0.4) is 0 Å². The molecule has 0 spiro atoms. The maximum Gasteiger partial charge on any atom is 0.174 e. The van der Waals surface area contributed by atoms with E-state index in [2.05, 4.69) is 4.98 Å². The highest BCUT2D eigenvalue weighted by Crippen LogP contribution is 2.30. The lowest BCUT2D eigenvalue weighted by Crippen LogP contribution is -2.35. The number of hydrogen-bond acceptors (Lipinski definition) is 4. The quantitative estimate of drug-likeness (QED) is 0.562. The first-order chi connectivity index (χ1) is 11.8. The number of rotatable bonds is 7. The largest absolute Gasteiger partial charge is 0.387 e. The number of aliphatic hydroxyl groups is 1. The van der Waals surface area contributed by atoms with E-state index >= 15 is 0 Å². The molecule has 2 N–H and O–H groups in total. The van der Waals surface area contributed by atoms with Crippen molar-refractivity contribution in [2.24, 2.45) is 17.8 Å². The number of pyridine rings is 1. The molecule has 132 valence electrons. The minimum atomic E-state index is -1.12. The van der Waals surface area contributed by atoms with Gasteiger partial charge in [-0.3, -0.25) is 9.78 Å². The van der Waals surface area contributed by atoms with E-state index in [0.29, 0.717) is 16.1 Å². The second kappa shape index (κ2) is 8.37. The molecule has 0 fully saturated rings. The second-order valence-electron chi connectivity index (χ2n) is 6.57. The predicted octanol–water partition coefficient (Wildman–Crippen LogP) is 4.58. The fraction of sp³-hybridized carbons (Fsp3) is 0.350. The third kappa shape index (κ3) is 4.53. The molecular formula is C20H23ClN2O2. The number of aromatic nitrogens is 1. The van der Waals surface area contributed by atoms with Crippen LogP contribution in [-0.4, -0.2) is 21.6 Å². The summed E-state index contributed by atoms with van der Waals surface area (Å²) >= 11 is 5.90. The van der Waals surface area contributed by atoms with E-state index < -0.39 is 12.0 Å². The summed E-state index contributed by atoms with van der Waals surface area (Å²) in [5.41, 5.74) is 1.18. The predicted molar refractivity (Wildman–Crippen MR) is 100 cm³/mol. The molecule has 0 saturated heterocycles. The van der Waals surface area contributed by atoms with Crippen LogP contribution >= 0.6 is 11.6 Å². The van der Waals surface area contributed by atoms with Gasteiger partial charge in [0.05, 0.1) is 12.0 Å². The molecule has 3 atom stereocenters. The minimum Gasteiger partial charge on any atom is -0.387 e. The Morgan fingerprint density at radius 2 is 1.80 bits per heavy atom. The van der Waals surface area contributed by atoms with E-state index in [0.717, 1.165) is 0 Å². The van der Waals surface area contributed by atoms with Crippen molar-refractivity contribution in [3.05, 3.63) is 64.9 Å². The number of nitrogens with one attached hydrogen (secondary N) is 1. The highest BCUT2D eigenvalue weighted by molar-refractivity contribution is 6.30. The van der Waals surface area contributed by atoms with Crippen LogP contribution in [0.15, 0.2) is 48.8 Å². The Labute approximate surface area is 153 Å². The summed E-state index contributed by atoms with van der Waals surface area (Å²) in [6.45, 7) is 5.91. The smallest absolute Gasteiger partial charge is 0.174 e. The molecule has 0 bridgehead atoms. The Morgan fingerprint density at radius 3 is 2.32 bits per heavy atom. The Balaban J connectivity index is 2.42. The molecule has 0 amide bonds. The molecular weight excluding hydrogens is 336 g/mol. The molecule has 4 nitrogen and oxygen atoms in total. The molecule has 0 saturated carbocycles. The van der Waals surface area contributed by atoms with E-state index in [1.165, 1.54) is 6.20 Å². The SMILES string of the molecule is CC(C)C(C)C(=N)C(C(=O)c1ccc(Cl)cc1)C(O)c1cccnc1. The average molecular weight is 359 g/mol. The van der Waals surface area contributed by atoms with Crippen LogP contribution in [-0.2, 0) is 0 Å². The summed E-state index contributed by atoms with van der Waals surface area (Å²) in [5.74, 6) is -1.19. The first-order valence-corrected chi connectivity index (χ1v) is 8.66. The van der Waals surface area contributed by atoms with Gasteiger partial charge >= 0.3 is 0 Å². The molecule has 1 heterocycles. The maximum atomic E-state index is 13.1. The van der Waals surface area contributed by atoms with Crippen LogP contribution in [0.1, 0.15) is 42.8 Å². The monoisotopic (exact) mass is 358 g/mol. The van der Waals surface area contributed by atoms with Crippen LogP contribution in [0.25, 0.3) is 0 Å². The van der Waals surface area contributed by atoms with E-state index in [1.807, 2.05) is 20.8 Å². The van der Waals surface area contributed by atoms with Gasteiger partial charge in [-0.2, -0.15) is 0 Å². The summed E-state index contributed by atoms with van der Waals surface area (Å²) in [6, 6.07) is 9.95. The number of nitrogens with zero attached hydrogens (tertiary/aromatic N) is 1. The van der Waals surface area contributed by atoms with Crippen LogP contribution in [0, 0.1) is 23.2 Å². The van der Waals surface area contributed by atoms with E-state index in [4.69, 9.17) is 17.0 Å². The summed E-state index contributed by atoms with van der Waals surface area (Å²) in [7, 11) is 0. The van der Waals surface area contributed by atoms with Crippen molar-refractivity contribution in [3.63, 3.8) is 0 Å². The third-order valence-electron chi connectivity index (χ3n) is 4.58. The van der Waals surface area contributed by atoms with Gasteiger partial charge in [0.25, 0.3) is 0 Å². The van der Waals surface area contributed by atoms with Crippen molar-refractivity contribution in [2.45, 2.75) is 26.9 Å². The van der Waals surface area contributed by atoms with E-state index in [1.54, 1.807) is 42.6 Å². The van der Waals surface area contributed by atoms with Crippen molar-refractivity contribution < 1.29 is 9.90 Å². The number of ketones is 1. The number of benzene rings is 1. The van der Waals surface area contributed by atoms with Crippen LogP contribution in [0.5, 0.6) is 0 Å². The highest BCUT2D eigenvalue weighted by atomic mass is 35.5. The first kappa shape index (κ1) is 19.3. The molecule has 5 heteroatoms. The molecule has 2 aromatic rings. The van der Waals surface area contributed by atoms with Crippen LogP contribution < -0.4 is 0 Å². The standard InChI is InChI=1S/C20H23ClN2O2/c1-12(2)13(3)18(22)17(20(25)15-5-4-10-23-11-15)19(24)14-6-8-16(21)9-7-14/h4-13,17,20,22,25H,1-3H3. The van der Waals surface area contributed by atoms with Crippen LogP contribution in [0.4, 0.5) is 0 Å². The maximum absolute atomic E-state index is 13.1. The van der Waals surface area contributed by atoms with Crippen molar-refractivity contribution in [3.8, 4) is 0 Å². The van der Waals surface area contributed by atoms with Gasteiger partial charge in [-0.1, -0.05) is 38.4 Å². The zero-order valence-corrected chi connectivity index (χ0v) is 15.4. The van der Waals surface area contributed by atoms with Gasteiger partial charge in [0, 0.05) is 28.7 Å². The fourth-order valence-electron chi connectivity index (χ4n) is 2.63. The van der Waals surface area contributed by atoms with Gasteiger partial charge in [0.15, 0.2) is 5.78 Å². The molecule has 2 rings (SSSR count). The Bertz CT molecular complexity index is 729. The van der Waals surface area contributed by atoms with Gasteiger partial charge in [-0.05, 0) is 47.7 Å². The molecule has 0 aliphatic carbocycles. The Morgan fingerprint density at radius 1 is 1.16 bits per heavy atom. The molecule has 1 aromatic carbocycles. The van der Waals surface area contributed by atoms with Gasteiger partial charge in [0.2, 0.25) is 0 Å². The Kier molecular flexibility index (Phi) is 6.45. The Hall–Kier alpha value is -2.04. The lowest BCUT2D eigenvalue weighted by atomic mass is 9.78. The van der Waals surface area contributed by atoms with Gasteiger partial charge in [0.1, 0.15) is 0 Å². The van der Waals surface area contributed by atoms with Crippen molar-refractivity contribution in [1.29, 1.82) is 5.41 Å². The highest BCUT2D eigenvalue weighted by Gasteiger charge is 2.35. The molecule has 25 heavy (non-hydrogen) atoms. The van der Waals surface area contributed by atoms with Crippen molar-refractivity contribution in [1.82, 2.24) is 4.98 Å². The first-order valence-electron chi connectivity index (χ1n) is 8.29. The number of carbonyl (C=O) groups excluding carboxylic acids is 1. The number of Topliss-reactive ketones (excluding diaryl/α,β-unsaturated/α-hetero) is 1. The third-order valence-corrected chi connectivity index (χ3v) is 4.83. The van der Waals surface area contributed by atoms with Gasteiger partial charge in [-0.25, -0.2) is 0 Å². The summed E-state index contributed by atoms with van der Waals surface area (Å²) in [5, 5.41) is 19.9. The molecule has 0 radical (unpaired) electrons. The number of aliphatic hydroxyl groups excluding tert-OH is 1. The second-order valence-corrected chi connectivity index (χ2v) is 7.00. The average Bonchev–Trinajstić information content (AvgIpc) is 2.62. The fourth-order valence-corrected chi connectivity index (χ4v) is 2.76. The molecule has 3 unspecified atom stereocenters. The molecule has 0 aliphatic heterocycles. The van der Waals surface area contributed by atoms with Crippen LogP contribution in [0.2, 0.25) is 5.02 Å². The summed E-state index contributed by atoms with van der Waals surface area (Å²) < 4.78 is 0. The lowest BCUT2D eigenvalue weighted by molar-refractivity contribution is 0.0783. The van der Waals surface area contributed by atoms with Gasteiger partial charge in [-0.15, -0.1) is 0 Å². The zero-order valence-electron chi connectivity index (χ0n) is 14.6. The normalized spacial score (nSPS) is 14.8. The number of halogens is 1. The lowest BCUT2D eigenvalue weighted by Gasteiger charge is -2.28. The number of carbonyl (C=O) groups is 1. The van der Waals surface area contributed by atoms with Crippen molar-refractivity contribution in [2.75, 3.05) is 0 Å². The van der Waals surface area contributed by atoms with Gasteiger partial charge < -0.3 is 10.5 Å². The number of hydrogen-bond donors (Lipinski definition) is 2. The molecule has 1 aromatic heterocycles. The van der Waals surface area contributed by atoms with E-state index in [-0.39, 0.29) is 23.3 Å². The molecule has 0 aliphatic rings. The zero-order chi connectivity index (χ0) is 18.6. The van der Waals surface area contributed by atoms with Crippen molar-refractivity contribution >= 4 is 23.1 Å². The summed E-state index contributed by atoms with van der Waals surface area (Å²) in [6.07, 6.45) is 2.01. The topological polar surface area (TPSA) is 74.0 Å². The summed E-state index contributed by atoms with van der Waals surface area (Å²) in [4.78, 5) is 17.1. The minimum absolute atomic E-state index is 0.132. The van der Waals surface area contributed by atoms with E-state index in [9.17, 15) is 9.90 Å².